The highest BCUT2D eigenvalue weighted by Gasteiger charge is 2.34. The average molecular weight is 225 g/mol. The molecule has 0 aliphatic heterocycles. The van der Waals surface area contributed by atoms with Gasteiger partial charge in [0.15, 0.2) is 0 Å². The van der Waals surface area contributed by atoms with Gasteiger partial charge in [-0.25, -0.2) is 0 Å². The van der Waals surface area contributed by atoms with E-state index in [0.29, 0.717) is 5.41 Å². The monoisotopic (exact) mass is 225 g/mol. The summed E-state index contributed by atoms with van der Waals surface area (Å²) < 4.78 is 0. The molecule has 3 unspecified atom stereocenters. The van der Waals surface area contributed by atoms with Crippen LogP contribution in [-0.2, 0) is 0 Å². The van der Waals surface area contributed by atoms with Crippen molar-refractivity contribution in [3.8, 4) is 0 Å². The highest BCUT2D eigenvalue weighted by atomic mass is 14.9. The summed E-state index contributed by atoms with van der Waals surface area (Å²) in [5.74, 6) is 1.85. The maximum absolute atomic E-state index is 3.69. The van der Waals surface area contributed by atoms with Crippen LogP contribution in [0, 0.1) is 17.3 Å². The molecule has 0 spiro atoms. The number of hydrogen-bond acceptors (Lipinski definition) is 1. The van der Waals surface area contributed by atoms with Gasteiger partial charge in [0.05, 0.1) is 0 Å². The Morgan fingerprint density at radius 1 is 1.12 bits per heavy atom. The van der Waals surface area contributed by atoms with Gasteiger partial charge in [-0.3, -0.25) is 0 Å². The van der Waals surface area contributed by atoms with E-state index in [1.165, 1.54) is 32.1 Å². The second-order valence-corrected chi connectivity index (χ2v) is 6.59. The molecular formula is C15H31N. The van der Waals surface area contributed by atoms with Crippen molar-refractivity contribution in [3.05, 3.63) is 0 Å². The van der Waals surface area contributed by atoms with Crippen molar-refractivity contribution in [2.75, 3.05) is 6.54 Å². The fraction of sp³-hybridized carbons (Fsp3) is 1.00. The van der Waals surface area contributed by atoms with Gasteiger partial charge in [0.25, 0.3) is 0 Å². The first-order valence-corrected chi connectivity index (χ1v) is 7.22. The van der Waals surface area contributed by atoms with E-state index in [-0.39, 0.29) is 0 Å². The lowest BCUT2D eigenvalue weighted by Crippen LogP contribution is -2.42. The van der Waals surface area contributed by atoms with Gasteiger partial charge in [-0.2, -0.15) is 0 Å². The van der Waals surface area contributed by atoms with Crippen LogP contribution in [0.4, 0.5) is 0 Å². The molecule has 1 fully saturated rings. The third-order valence-electron chi connectivity index (χ3n) is 4.33. The fourth-order valence-corrected chi connectivity index (χ4v) is 3.27. The molecule has 1 saturated carbocycles. The van der Waals surface area contributed by atoms with Crippen molar-refractivity contribution in [2.24, 2.45) is 17.3 Å². The molecule has 96 valence electrons. The van der Waals surface area contributed by atoms with Gasteiger partial charge in [-0.15, -0.1) is 0 Å². The van der Waals surface area contributed by atoms with E-state index in [1.54, 1.807) is 0 Å². The summed E-state index contributed by atoms with van der Waals surface area (Å²) >= 11 is 0. The summed E-state index contributed by atoms with van der Waals surface area (Å²) in [7, 11) is 0. The normalized spacial score (nSPS) is 31.7. The van der Waals surface area contributed by atoms with Gasteiger partial charge in [-0.1, -0.05) is 41.0 Å². The van der Waals surface area contributed by atoms with E-state index < -0.39 is 0 Å². The molecule has 1 aliphatic rings. The number of rotatable bonds is 4. The van der Waals surface area contributed by atoms with E-state index in [2.05, 4.69) is 39.9 Å². The minimum Gasteiger partial charge on any atom is -0.314 e. The SMILES string of the molecule is CCCC1CC(C(C)(C)C)CCC1NCC. The molecule has 0 aromatic carbocycles. The lowest BCUT2D eigenvalue weighted by Gasteiger charge is -2.42. The summed E-state index contributed by atoms with van der Waals surface area (Å²) in [6, 6.07) is 0.795. The van der Waals surface area contributed by atoms with E-state index in [1.807, 2.05) is 0 Å². The maximum atomic E-state index is 3.69. The van der Waals surface area contributed by atoms with Crippen LogP contribution >= 0.6 is 0 Å². The molecule has 0 saturated heterocycles. The van der Waals surface area contributed by atoms with Crippen LogP contribution in [0.15, 0.2) is 0 Å². The van der Waals surface area contributed by atoms with E-state index in [0.717, 1.165) is 24.4 Å². The highest BCUT2D eigenvalue weighted by Crippen LogP contribution is 2.41. The predicted octanol–water partition coefficient (Wildman–Crippen LogP) is 4.23. The Kier molecular flexibility index (Phi) is 5.30. The van der Waals surface area contributed by atoms with Crippen LogP contribution in [-0.4, -0.2) is 12.6 Å². The zero-order valence-electron chi connectivity index (χ0n) is 12.0. The standard InChI is InChI=1S/C15H31N/c1-6-8-12-11-13(15(3,4)5)9-10-14(12)16-7-2/h12-14,16H,6-11H2,1-5H3. The lowest BCUT2D eigenvalue weighted by atomic mass is 9.66. The Balaban J connectivity index is 2.57. The Labute approximate surface area is 102 Å². The predicted molar refractivity (Wildman–Crippen MR) is 72.7 cm³/mol. The number of nitrogens with one attached hydrogen (secondary N) is 1. The Hall–Kier alpha value is -0.0400. The van der Waals surface area contributed by atoms with Gasteiger partial charge < -0.3 is 5.32 Å². The molecule has 0 radical (unpaired) electrons. The van der Waals surface area contributed by atoms with Gasteiger partial charge in [0.2, 0.25) is 0 Å². The molecule has 0 heterocycles. The second kappa shape index (κ2) is 6.05. The molecule has 1 rings (SSSR count). The first-order chi connectivity index (χ1) is 7.49. The van der Waals surface area contributed by atoms with Crippen molar-refractivity contribution in [1.82, 2.24) is 5.32 Å². The zero-order valence-corrected chi connectivity index (χ0v) is 12.0. The van der Waals surface area contributed by atoms with Crippen LogP contribution in [0.2, 0.25) is 0 Å². The van der Waals surface area contributed by atoms with Gasteiger partial charge in [0.1, 0.15) is 0 Å². The largest absolute Gasteiger partial charge is 0.314 e. The summed E-state index contributed by atoms with van der Waals surface area (Å²) in [6.07, 6.45) is 6.99. The van der Waals surface area contributed by atoms with Crippen LogP contribution < -0.4 is 5.32 Å². The Morgan fingerprint density at radius 2 is 1.81 bits per heavy atom. The molecule has 16 heavy (non-hydrogen) atoms. The Morgan fingerprint density at radius 3 is 2.31 bits per heavy atom. The molecule has 1 aliphatic carbocycles. The van der Waals surface area contributed by atoms with E-state index >= 15 is 0 Å². The average Bonchev–Trinajstić information content (AvgIpc) is 2.19. The van der Waals surface area contributed by atoms with E-state index in [4.69, 9.17) is 0 Å². The molecule has 1 heteroatoms. The topological polar surface area (TPSA) is 12.0 Å². The van der Waals surface area contributed by atoms with Crippen molar-refractivity contribution in [2.45, 2.75) is 72.8 Å². The van der Waals surface area contributed by atoms with Crippen LogP contribution in [0.1, 0.15) is 66.7 Å². The first-order valence-electron chi connectivity index (χ1n) is 7.22. The maximum Gasteiger partial charge on any atom is 0.00954 e. The molecule has 1 nitrogen and oxygen atoms in total. The van der Waals surface area contributed by atoms with E-state index in [9.17, 15) is 0 Å². The van der Waals surface area contributed by atoms with Crippen molar-refractivity contribution < 1.29 is 0 Å². The van der Waals surface area contributed by atoms with Crippen LogP contribution in [0.5, 0.6) is 0 Å². The zero-order chi connectivity index (χ0) is 12.2. The summed E-state index contributed by atoms with van der Waals surface area (Å²) in [4.78, 5) is 0. The summed E-state index contributed by atoms with van der Waals surface area (Å²) in [5, 5.41) is 3.69. The summed E-state index contributed by atoms with van der Waals surface area (Å²) in [6.45, 7) is 12.9. The lowest BCUT2D eigenvalue weighted by molar-refractivity contribution is 0.110. The number of hydrogen-bond donors (Lipinski definition) is 1. The molecule has 3 atom stereocenters. The Bertz CT molecular complexity index is 192. The molecule has 1 N–H and O–H groups in total. The molecular weight excluding hydrogens is 194 g/mol. The third-order valence-corrected chi connectivity index (χ3v) is 4.33. The van der Waals surface area contributed by atoms with Gasteiger partial charge in [-0.05, 0) is 49.5 Å². The van der Waals surface area contributed by atoms with Crippen molar-refractivity contribution >= 4 is 0 Å². The molecule has 0 amide bonds. The molecule has 0 bridgehead atoms. The van der Waals surface area contributed by atoms with Crippen molar-refractivity contribution in [1.29, 1.82) is 0 Å². The van der Waals surface area contributed by atoms with Crippen molar-refractivity contribution in [3.63, 3.8) is 0 Å². The third kappa shape index (κ3) is 3.76. The second-order valence-electron chi connectivity index (χ2n) is 6.59. The molecule has 0 aromatic rings. The smallest absolute Gasteiger partial charge is 0.00954 e. The summed E-state index contributed by atoms with van der Waals surface area (Å²) in [5.41, 5.74) is 0.503. The first kappa shape index (κ1) is 14.0. The minimum absolute atomic E-state index is 0.503. The fourth-order valence-electron chi connectivity index (χ4n) is 3.27. The quantitative estimate of drug-likeness (QED) is 0.755. The van der Waals surface area contributed by atoms with Gasteiger partial charge >= 0.3 is 0 Å². The van der Waals surface area contributed by atoms with Crippen LogP contribution in [0.3, 0.4) is 0 Å². The minimum atomic E-state index is 0.503. The highest BCUT2D eigenvalue weighted by molar-refractivity contribution is 4.88. The van der Waals surface area contributed by atoms with Crippen LogP contribution in [0.25, 0.3) is 0 Å². The van der Waals surface area contributed by atoms with Gasteiger partial charge in [0, 0.05) is 6.04 Å². The molecule has 0 aromatic heterocycles.